The summed E-state index contributed by atoms with van der Waals surface area (Å²) in [6.07, 6.45) is 4.01. The Morgan fingerprint density at radius 3 is 2.70 bits per heavy atom. The SMILES string of the molecule is Cc1c(/C(N)=N/NN)ccc2[nH]nc(/C=C/c3ccccc3)c12. The number of benzene rings is 2. The lowest BCUT2D eigenvalue weighted by Crippen LogP contribution is -2.23. The summed E-state index contributed by atoms with van der Waals surface area (Å²) in [4.78, 5) is 0. The van der Waals surface area contributed by atoms with Crippen LogP contribution in [0.4, 0.5) is 0 Å². The molecule has 0 aliphatic carbocycles. The lowest BCUT2D eigenvalue weighted by molar-refractivity contribution is 0.803. The van der Waals surface area contributed by atoms with Crippen LogP contribution in [0.1, 0.15) is 22.4 Å². The first-order chi connectivity index (χ1) is 11.2. The molecule has 0 fully saturated rings. The van der Waals surface area contributed by atoms with Crippen LogP contribution in [0.15, 0.2) is 47.6 Å². The number of rotatable bonds is 4. The van der Waals surface area contributed by atoms with E-state index < -0.39 is 0 Å². The summed E-state index contributed by atoms with van der Waals surface area (Å²) in [5.74, 6) is 5.54. The molecule has 0 saturated heterocycles. The van der Waals surface area contributed by atoms with Crippen LogP contribution in [0.25, 0.3) is 23.1 Å². The quantitative estimate of drug-likeness (QED) is 0.256. The van der Waals surface area contributed by atoms with Crippen molar-refractivity contribution in [3.8, 4) is 0 Å². The maximum absolute atomic E-state index is 5.94. The molecule has 3 rings (SSSR count). The highest BCUT2D eigenvalue weighted by molar-refractivity contribution is 6.04. The van der Waals surface area contributed by atoms with Gasteiger partial charge in [0.2, 0.25) is 0 Å². The number of nitrogens with two attached hydrogens (primary N) is 2. The number of H-pyrrole nitrogens is 1. The van der Waals surface area contributed by atoms with Crippen LogP contribution in [0.2, 0.25) is 0 Å². The molecule has 6 nitrogen and oxygen atoms in total. The Balaban J connectivity index is 2.07. The number of aromatic nitrogens is 2. The van der Waals surface area contributed by atoms with Crippen LogP contribution in [0.5, 0.6) is 0 Å². The maximum atomic E-state index is 5.94. The maximum Gasteiger partial charge on any atom is 0.152 e. The summed E-state index contributed by atoms with van der Waals surface area (Å²) in [6, 6.07) is 13.9. The van der Waals surface area contributed by atoms with Crippen molar-refractivity contribution in [3.05, 3.63) is 64.8 Å². The molecule has 0 radical (unpaired) electrons. The normalized spacial score (nSPS) is 12.2. The highest BCUT2D eigenvalue weighted by Gasteiger charge is 2.12. The second-order valence-electron chi connectivity index (χ2n) is 5.14. The van der Waals surface area contributed by atoms with E-state index in [1.807, 2.05) is 61.5 Å². The van der Waals surface area contributed by atoms with Crippen LogP contribution >= 0.6 is 0 Å². The first-order valence-electron chi connectivity index (χ1n) is 7.20. The summed E-state index contributed by atoms with van der Waals surface area (Å²) in [5, 5.41) is 12.3. The van der Waals surface area contributed by atoms with E-state index in [2.05, 4.69) is 20.8 Å². The number of nitrogens with one attached hydrogen (secondary N) is 2. The van der Waals surface area contributed by atoms with Crippen LogP contribution in [-0.4, -0.2) is 16.0 Å². The average molecular weight is 306 g/mol. The smallest absolute Gasteiger partial charge is 0.152 e. The van der Waals surface area contributed by atoms with Crippen molar-refractivity contribution in [2.24, 2.45) is 16.7 Å². The number of hydrazone groups is 1. The van der Waals surface area contributed by atoms with E-state index in [1.165, 1.54) is 0 Å². The molecule has 0 unspecified atom stereocenters. The zero-order valence-electron chi connectivity index (χ0n) is 12.7. The molecular weight excluding hydrogens is 288 g/mol. The van der Waals surface area contributed by atoms with Gasteiger partial charge in [0.1, 0.15) is 0 Å². The van der Waals surface area contributed by atoms with Crippen LogP contribution in [-0.2, 0) is 0 Å². The highest BCUT2D eigenvalue weighted by atomic mass is 15.5. The molecule has 6 heteroatoms. The monoisotopic (exact) mass is 306 g/mol. The van der Waals surface area contributed by atoms with Gasteiger partial charge in [0.15, 0.2) is 5.84 Å². The largest absolute Gasteiger partial charge is 0.382 e. The fourth-order valence-electron chi connectivity index (χ4n) is 2.58. The molecule has 6 N–H and O–H groups in total. The van der Waals surface area contributed by atoms with Gasteiger partial charge in [0, 0.05) is 10.9 Å². The Labute approximate surface area is 133 Å². The predicted octanol–water partition coefficient (Wildman–Crippen LogP) is 2.13. The van der Waals surface area contributed by atoms with Gasteiger partial charge in [0.05, 0.1) is 11.2 Å². The van der Waals surface area contributed by atoms with Crippen molar-refractivity contribution in [2.75, 3.05) is 0 Å². The fourth-order valence-corrected chi connectivity index (χ4v) is 2.58. The Kier molecular flexibility index (Phi) is 4.07. The second-order valence-corrected chi connectivity index (χ2v) is 5.14. The van der Waals surface area contributed by atoms with Crippen molar-refractivity contribution in [2.45, 2.75) is 6.92 Å². The van der Waals surface area contributed by atoms with Crippen LogP contribution in [0, 0.1) is 6.92 Å². The molecule has 0 aliphatic rings. The van der Waals surface area contributed by atoms with Crippen LogP contribution < -0.4 is 17.1 Å². The lowest BCUT2D eigenvalue weighted by atomic mass is 10.0. The van der Waals surface area contributed by atoms with Gasteiger partial charge in [-0.25, -0.2) is 11.4 Å². The average Bonchev–Trinajstić information content (AvgIpc) is 2.98. The Hall–Kier alpha value is -3.12. The van der Waals surface area contributed by atoms with Crippen molar-refractivity contribution in [1.29, 1.82) is 0 Å². The third-order valence-corrected chi connectivity index (χ3v) is 3.71. The molecule has 0 atom stereocenters. The molecule has 1 aromatic heterocycles. The zero-order valence-corrected chi connectivity index (χ0v) is 12.7. The number of aryl methyl sites for hydroxylation is 1. The minimum atomic E-state index is 0.339. The number of fused-ring (bicyclic) bond motifs is 1. The van der Waals surface area contributed by atoms with Gasteiger partial charge < -0.3 is 5.73 Å². The third-order valence-electron chi connectivity index (χ3n) is 3.71. The van der Waals surface area contributed by atoms with E-state index in [0.717, 1.165) is 33.3 Å². The predicted molar refractivity (Wildman–Crippen MR) is 94.2 cm³/mol. The number of hydrazine groups is 1. The molecule has 116 valence electrons. The Bertz CT molecular complexity index is 877. The van der Waals surface area contributed by atoms with Gasteiger partial charge in [0.25, 0.3) is 0 Å². The zero-order chi connectivity index (χ0) is 16.2. The van der Waals surface area contributed by atoms with E-state index in [-0.39, 0.29) is 0 Å². The summed E-state index contributed by atoms with van der Waals surface area (Å²) < 4.78 is 0. The van der Waals surface area contributed by atoms with E-state index in [4.69, 9.17) is 11.6 Å². The van der Waals surface area contributed by atoms with E-state index in [9.17, 15) is 0 Å². The molecular formula is C17H18N6. The van der Waals surface area contributed by atoms with Gasteiger partial charge in [-0.05, 0) is 36.3 Å². The van der Waals surface area contributed by atoms with Crippen molar-refractivity contribution in [1.82, 2.24) is 15.7 Å². The van der Waals surface area contributed by atoms with E-state index >= 15 is 0 Å². The standard InChI is InChI=1S/C17H18N6/c1-11-13(17(18)22-23-19)8-10-15-16(11)14(20-21-15)9-7-12-5-3-2-4-6-12/h2-10,23H,19H2,1H3,(H2,18,22)(H,20,21)/b9-7+. The summed E-state index contributed by atoms with van der Waals surface area (Å²) >= 11 is 0. The number of hydrogen-bond donors (Lipinski definition) is 4. The molecule has 2 aromatic carbocycles. The second kappa shape index (κ2) is 6.33. The topological polar surface area (TPSA) is 105 Å². The Morgan fingerprint density at radius 2 is 1.96 bits per heavy atom. The van der Waals surface area contributed by atoms with E-state index in [1.54, 1.807) is 0 Å². The summed E-state index contributed by atoms with van der Waals surface area (Å²) in [5.41, 5.74) is 12.9. The molecule has 0 bridgehead atoms. The summed E-state index contributed by atoms with van der Waals surface area (Å²) in [7, 11) is 0. The first kappa shape index (κ1) is 14.8. The van der Waals surface area contributed by atoms with Gasteiger partial charge in [-0.3, -0.25) is 5.10 Å². The molecule has 23 heavy (non-hydrogen) atoms. The number of nitrogens with zero attached hydrogens (tertiary/aromatic N) is 2. The molecule has 0 saturated carbocycles. The number of hydrogen-bond acceptors (Lipinski definition) is 4. The van der Waals surface area contributed by atoms with Gasteiger partial charge in [-0.15, -0.1) is 5.10 Å². The van der Waals surface area contributed by atoms with Gasteiger partial charge >= 0.3 is 0 Å². The van der Waals surface area contributed by atoms with Gasteiger partial charge in [-0.2, -0.15) is 5.10 Å². The lowest BCUT2D eigenvalue weighted by Gasteiger charge is -2.06. The fraction of sp³-hybridized carbons (Fsp3) is 0.0588. The molecule has 0 aliphatic heterocycles. The molecule has 0 spiro atoms. The van der Waals surface area contributed by atoms with Crippen molar-refractivity contribution >= 4 is 28.9 Å². The minimum absolute atomic E-state index is 0.339. The van der Waals surface area contributed by atoms with Crippen LogP contribution in [0.3, 0.4) is 0 Å². The highest BCUT2D eigenvalue weighted by Crippen LogP contribution is 2.25. The van der Waals surface area contributed by atoms with Crippen molar-refractivity contribution in [3.63, 3.8) is 0 Å². The minimum Gasteiger partial charge on any atom is -0.382 e. The first-order valence-corrected chi connectivity index (χ1v) is 7.20. The molecule has 3 aromatic rings. The third kappa shape index (κ3) is 2.93. The van der Waals surface area contributed by atoms with E-state index in [0.29, 0.717) is 5.84 Å². The molecule has 0 amide bonds. The molecule has 1 heterocycles. The summed E-state index contributed by atoms with van der Waals surface area (Å²) in [6.45, 7) is 1.99. The number of aromatic amines is 1. The van der Waals surface area contributed by atoms with Gasteiger partial charge in [-0.1, -0.05) is 36.4 Å². The van der Waals surface area contributed by atoms with Crippen molar-refractivity contribution < 1.29 is 0 Å². The Morgan fingerprint density at radius 1 is 1.17 bits per heavy atom. The number of amidine groups is 1.